The largest absolute Gasteiger partial charge is 0.493 e. The van der Waals surface area contributed by atoms with Gasteiger partial charge >= 0.3 is 12.6 Å². The lowest BCUT2D eigenvalue weighted by atomic mass is 9.81. The van der Waals surface area contributed by atoms with Crippen LogP contribution in [0.1, 0.15) is 38.2 Å². The lowest BCUT2D eigenvalue weighted by Crippen LogP contribution is -2.44. The first-order valence-corrected chi connectivity index (χ1v) is 9.99. The second-order valence-corrected chi connectivity index (χ2v) is 7.59. The molecule has 2 amide bonds. The number of likely N-dealkylation sites (tertiary alicyclic amines) is 1. The molecule has 32 heavy (non-hydrogen) atoms. The summed E-state index contributed by atoms with van der Waals surface area (Å²) >= 11 is 0. The van der Waals surface area contributed by atoms with Crippen molar-refractivity contribution in [1.29, 1.82) is 0 Å². The van der Waals surface area contributed by atoms with Crippen molar-refractivity contribution in [2.45, 2.75) is 51.9 Å². The van der Waals surface area contributed by atoms with Gasteiger partial charge in [0.15, 0.2) is 11.5 Å². The first-order valence-electron chi connectivity index (χ1n) is 9.99. The molecular formula is C20H22F2N2O8. The Kier molecular flexibility index (Phi) is 6.90. The first-order chi connectivity index (χ1) is 15.1. The zero-order chi connectivity index (χ0) is 23.6. The summed E-state index contributed by atoms with van der Waals surface area (Å²) in [6, 6.07) is 0.590. The standard InChI is InChI=1S/C20H22F2N2O8/c1-10(23-17(25)12-5-3-4-6-13(12)18(23)26)19(27)31-9-11-7-15(30-2)16(32-20(21)22)8-14(11)24(28)29/h7-8,10,12-13,20H,3-6,9H2,1-2H3/t10-,12?,13?/m0/s1. The number of rotatable bonds is 8. The number of amides is 2. The third-order valence-electron chi connectivity index (χ3n) is 5.75. The molecule has 3 rings (SSSR count). The highest BCUT2D eigenvalue weighted by molar-refractivity contribution is 6.07. The Morgan fingerprint density at radius 2 is 1.78 bits per heavy atom. The van der Waals surface area contributed by atoms with E-state index in [1.807, 2.05) is 0 Å². The Morgan fingerprint density at radius 3 is 2.28 bits per heavy atom. The van der Waals surface area contributed by atoms with Crippen LogP contribution in [-0.2, 0) is 25.7 Å². The van der Waals surface area contributed by atoms with Gasteiger partial charge in [0.05, 0.1) is 35.5 Å². The molecule has 0 radical (unpaired) electrons. The number of alkyl halides is 2. The van der Waals surface area contributed by atoms with E-state index in [9.17, 15) is 33.3 Å². The highest BCUT2D eigenvalue weighted by Gasteiger charge is 2.51. The van der Waals surface area contributed by atoms with Gasteiger partial charge in [0.2, 0.25) is 11.8 Å². The average Bonchev–Trinajstić information content (AvgIpc) is 3.01. The Labute approximate surface area is 181 Å². The molecular weight excluding hydrogens is 434 g/mol. The van der Waals surface area contributed by atoms with Crippen LogP contribution in [0, 0.1) is 22.0 Å². The summed E-state index contributed by atoms with van der Waals surface area (Å²) in [5.74, 6) is -3.38. The molecule has 3 atom stereocenters. The lowest BCUT2D eigenvalue weighted by molar-refractivity contribution is -0.386. The van der Waals surface area contributed by atoms with E-state index in [2.05, 4.69) is 4.74 Å². The van der Waals surface area contributed by atoms with Crippen LogP contribution in [0.25, 0.3) is 0 Å². The van der Waals surface area contributed by atoms with Crippen LogP contribution in [0.5, 0.6) is 11.5 Å². The number of carbonyl (C=O) groups excluding carboxylic acids is 3. The third-order valence-corrected chi connectivity index (χ3v) is 5.75. The van der Waals surface area contributed by atoms with Crippen molar-refractivity contribution in [2.75, 3.05) is 7.11 Å². The maximum atomic E-state index is 12.6. The number of methoxy groups -OCH3 is 1. The minimum atomic E-state index is -3.23. The maximum Gasteiger partial charge on any atom is 0.387 e. The molecule has 0 aromatic heterocycles. The van der Waals surface area contributed by atoms with Crippen LogP contribution in [0.2, 0.25) is 0 Å². The van der Waals surface area contributed by atoms with Crippen LogP contribution in [0.15, 0.2) is 12.1 Å². The molecule has 0 spiro atoms. The van der Waals surface area contributed by atoms with Gasteiger partial charge in [-0.1, -0.05) is 12.8 Å². The number of esters is 1. The average molecular weight is 456 g/mol. The number of benzene rings is 1. The zero-order valence-corrected chi connectivity index (χ0v) is 17.4. The van der Waals surface area contributed by atoms with E-state index >= 15 is 0 Å². The topological polar surface area (TPSA) is 125 Å². The van der Waals surface area contributed by atoms with E-state index in [-0.39, 0.29) is 11.3 Å². The van der Waals surface area contributed by atoms with Crippen LogP contribution >= 0.6 is 0 Å². The van der Waals surface area contributed by atoms with Crippen molar-refractivity contribution < 1.29 is 42.3 Å². The quantitative estimate of drug-likeness (QED) is 0.253. The molecule has 1 saturated carbocycles. The molecule has 0 bridgehead atoms. The number of hydrogen-bond donors (Lipinski definition) is 0. The molecule has 12 heteroatoms. The second-order valence-electron chi connectivity index (χ2n) is 7.59. The van der Waals surface area contributed by atoms with Gasteiger partial charge < -0.3 is 14.2 Å². The number of nitro groups is 1. The molecule has 2 fully saturated rings. The smallest absolute Gasteiger partial charge is 0.387 e. The minimum Gasteiger partial charge on any atom is -0.493 e. The molecule has 2 aliphatic rings. The van der Waals surface area contributed by atoms with Gasteiger partial charge in [-0.2, -0.15) is 8.78 Å². The summed E-state index contributed by atoms with van der Waals surface area (Å²) in [5.41, 5.74) is -0.761. The number of nitrogens with zero attached hydrogens (tertiary/aromatic N) is 2. The fraction of sp³-hybridized carbons (Fsp3) is 0.550. The summed E-state index contributed by atoms with van der Waals surface area (Å²) in [4.78, 5) is 49.3. The fourth-order valence-corrected chi connectivity index (χ4v) is 4.17. The lowest BCUT2D eigenvalue weighted by Gasteiger charge is -2.21. The third kappa shape index (κ3) is 4.48. The molecule has 1 saturated heterocycles. The number of nitro benzene ring substituents is 1. The maximum absolute atomic E-state index is 12.6. The molecule has 10 nitrogen and oxygen atoms in total. The molecule has 1 aliphatic carbocycles. The number of imide groups is 1. The number of hydrogen-bond acceptors (Lipinski definition) is 8. The summed E-state index contributed by atoms with van der Waals surface area (Å²) in [5, 5.41) is 11.4. The van der Waals surface area contributed by atoms with Gasteiger partial charge in [0.1, 0.15) is 12.6 Å². The number of carbonyl (C=O) groups is 3. The summed E-state index contributed by atoms with van der Waals surface area (Å²) < 4.78 is 39.4. The van der Waals surface area contributed by atoms with Gasteiger partial charge in [-0.15, -0.1) is 0 Å². The summed E-state index contributed by atoms with van der Waals surface area (Å²) in [7, 11) is 1.15. The van der Waals surface area contributed by atoms with E-state index < -0.39 is 65.2 Å². The molecule has 1 aliphatic heterocycles. The summed E-state index contributed by atoms with van der Waals surface area (Å²) in [6.45, 7) is -2.48. The molecule has 1 aromatic carbocycles. The van der Waals surface area contributed by atoms with Crippen molar-refractivity contribution in [3.63, 3.8) is 0 Å². The molecule has 2 unspecified atom stereocenters. The Hall–Kier alpha value is -3.31. The van der Waals surface area contributed by atoms with Crippen LogP contribution in [-0.4, -0.2) is 47.4 Å². The van der Waals surface area contributed by atoms with Crippen molar-refractivity contribution >= 4 is 23.5 Å². The van der Waals surface area contributed by atoms with E-state index in [0.29, 0.717) is 12.8 Å². The molecule has 174 valence electrons. The number of ether oxygens (including phenoxy) is 3. The number of halogens is 2. The van der Waals surface area contributed by atoms with Gasteiger partial charge in [-0.05, 0) is 25.8 Å². The second kappa shape index (κ2) is 9.45. The van der Waals surface area contributed by atoms with Crippen LogP contribution in [0.3, 0.4) is 0 Å². The fourth-order valence-electron chi connectivity index (χ4n) is 4.17. The van der Waals surface area contributed by atoms with Crippen molar-refractivity contribution in [2.24, 2.45) is 11.8 Å². The van der Waals surface area contributed by atoms with Gasteiger partial charge in [-0.3, -0.25) is 24.6 Å². The van der Waals surface area contributed by atoms with E-state index in [1.165, 1.54) is 6.92 Å². The Balaban J connectivity index is 1.75. The molecule has 1 aromatic rings. The van der Waals surface area contributed by atoms with Gasteiger partial charge in [0.25, 0.3) is 5.69 Å². The van der Waals surface area contributed by atoms with Crippen molar-refractivity contribution in [3.8, 4) is 11.5 Å². The number of fused-ring (bicyclic) bond motifs is 1. The minimum absolute atomic E-state index is 0.137. The predicted molar refractivity (Wildman–Crippen MR) is 103 cm³/mol. The monoisotopic (exact) mass is 456 g/mol. The van der Waals surface area contributed by atoms with Crippen LogP contribution in [0.4, 0.5) is 14.5 Å². The van der Waals surface area contributed by atoms with Crippen molar-refractivity contribution in [3.05, 3.63) is 27.8 Å². The Bertz CT molecular complexity index is 914. The van der Waals surface area contributed by atoms with Gasteiger partial charge in [-0.25, -0.2) is 4.79 Å². The van der Waals surface area contributed by atoms with E-state index in [1.54, 1.807) is 0 Å². The zero-order valence-electron chi connectivity index (χ0n) is 17.4. The highest BCUT2D eigenvalue weighted by Crippen LogP contribution is 2.39. The van der Waals surface area contributed by atoms with E-state index in [4.69, 9.17) is 9.47 Å². The summed E-state index contributed by atoms with van der Waals surface area (Å²) in [6.07, 6.45) is 2.85. The molecule has 1 heterocycles. The normalized spacial score (nSPS) is 21.3. The highest BCUT2D eigenvalue weighted by atomic mass is 19.3. The first kappa shape index (κ1) is 23.4. The Morgan fingerprint density at radius 1 is 1.19 bits per heavy atom. The van der Waals surface area contributed by atoms with E-state index in [0.717, 1.165) is 37.0 Å². The van der Waals surface area contributed by atoms with Crippen LogP contribution < -0.4 is 9.47 Å². The predicted octanol–water partition coefficient (Wildman–Crippen LogP) is 2.81. The van der Waals surface area contributed by atoms with Crippen molar-refractivity contribution in [1.82, 2.24) is 4.90 Å². The molecule has 0 N–H and O–H groups in total. The SMILES string of the molecule is COc1cc(COC(=O)[C@H](C)N2C(=O)C3CCCCC3C2=O)c([N+](=O)[O-])cc1OC(F)F. The van der Waals surface area contributed by atoms with Gasteiger partial charge in [0, 0.05) is 0 Å².